The molecular weight excluding hydrogens is 434 g/mol. The lowest BCUT2D eigenvalue weighted by atomic mass is 9.87. The van der Waals surface area contributed by atoms with Crippen molar-refractivity contribution in [2.24, 2.45) is 5.73 Å². The van der Waals surface area contributed by atoms with Crippen LogP contribution in [0, 0.1) is 0 Å². The Kier molecular flexibility index (Phi) is 9.02. The Hall–Kier alpha value is -3.15. The van der Waals surface area contributed by atoms with Gasteiger partial charge in [-0.2, -0.15) is 0 Å². The highest BCUT2D eigenvalue weighted by molar-refractivity contribution is 5.91. The number of ether oxygens (including phenoxy) is 1. The molecule has 0 radical (unpaired) electrons. The van der Waals surface area contributed by atoms with Gasteiger partial charge in [-0.15, -0.1) is 0 Å². The number of rotatable bonds is 10. The molecule has 0 spiro atoms. The minimum absolute atomic E-state index is 0.182. The van der Waals surface area contributed by atoms with Crippen LogP contribution in [0.4, 0.5) is 8.78 Å². The van der Waals surface area contributed by atoms with E-state index in [0.717, 1.165) is 11.4 Å². The number of allylic oxidation sites excluding steroid dienone is 2. The first-order valence-corrected chi connectivity index (χ1v) is 11.7. The normalized spacial score (nSPS) is 18.7. The summed E-state index contributed by atoms with van der Waals surface area (Å²) in [6.07, 6.45) is 0.503. The van der Waals surface area contributed by atoms with E-state index < -0.39 is 17.2 Å². The van der Waals surface area contributed by atoms with Crippen molar-refractivity contribution in [3.63, 3.8) is 0 Å². The number of carbonyl (C=O) groups is 1. The zero-order valence-corrected chi connectivity index (χ0v) is 20.8. The van der Waals surface area contributed by atoms with Crippen LogP contribution >= 0.6 is 0 Å². The van der Waals surface area contributed by atoms with Crippen molar-refractivity contribution in [2.75, 3.05) is 13.2 Å². The number of nitrogens with two attached hydrogens (primary N) is 1. The van der Waals surface area contributed by atoms with Crippen molar-refractivity contribution in [1.82, 2.24) is 4.90 Å². The van der Waals surface area contributed by atoms with E-state index in [1.807, 2.05) is 38.7 Å². The maximum Gasteiger partial charge on any atom is 0.263 e. The van der Waals surface area contributed by atoms with Gasteiger partial charge >= 0.3 is 0 Å². The topological polar surface area (TPSA) is 55.6 Å². The number of halogens is 2. The van der Waals surface area contributed by atoms with Gasteiger partial charge in [0.25, 0.3) is 5.92 Å². The summed E-state index contributed by atoms with van der Waals surface area (Å²) in [7, 11) is 0. The van der Waals surface area contributed by atoms with Crippen molar-refractivity contribution >= 4 is 5.91 Å². The molecular formula is C28H36F2N2O2. The number of alkyl halides is 2. The predicted molar refractivity (Wildman–Crippen MR) is 134 cm³/mol. The monoisotopic (exact) mass is 470 g/mol. The molecule has 0 heterocycles. The molecule has 3 rings (SSSR count). The van der Waals surface area contributed by atoms with E-state index in [9.17, 15) is 13.6 Å². The number of primary amides is 1. The second kappa shape index (κ2) is 11.3. The van der Waals surface area contributed by atoms with Crippen LogP contribution < -0.4 is 10.5 Å². The van der Waals surface area contributed by atoms with Gasteiger partial charge in [0.15, 0.2) is 0 Å². The van der Waals surface area contributed by atoms with Gasteiger partial charge in [-0.3, -0.25) is 4.79 Å². The molecule has 1 unspecified atom stereocenters. The molecule has 0 aromatic heterocycles. The molecule has 1 saturated carbocycles. The molecule has 2 aromatic rings. The zero-order valence-electron chi connectivity index (χ0n) is 20.8. The lowest BCUT2D eigenvalue weighted by Gasteiger charge is -2.26. The van der Waals surface area contributed by atoms with E-state index in [1.165, 1.54) is 0 Å². The lowest BCUT2D eigenvalue weighted by molar-refractivity contribution is -0.114. The number of hydrogen-bond donors (Lipinski definition) is 1. The van der Waals surface area contributed by atoms with Gasteiger partial charge in [-0.05, 0) is 50.5 Å². The molecule has 0 aliphatic heterocycles. The third kappa shape index (κ3) is 5.66. The third-order valence-corrected chi connectivity index (χ3v) is 6.17. The fourth-order valence-electron chi connectivity index (χ4n) is 4.08. The molecule has 1 aliphatic carbocycles. The second-order valence-electron chi connectivity index (χ2n) is 8.34. The molecule has 1 amide bonds. The summed E-state index contributed by atoms with van der Waals surface area (Å²) in [5.41, 5.74) is 7.43. The summed E-state index contributed by atoms with van der Waals surface area (Å²) in [5.74, 6) is -2.58. The summed E-state index contributed by atoms with van der Waals surface area (Å²) >= 11 is 0. The number of nitrogens with zero attached hydrogens (tertiary/aromatic N) is 1. The van der Waals surface area contributed by atoms with Crippen molar-refractivity contribution in [2.45, 2.75) is 58.8 Å². The Morgan fingerprint density at radius 3 is 2.03 bits per heavy atom. The zero-order chi connectivity index (χ0) is 25.5. The second-order valence-corrected chi connectivity index (χ2v) is 8.34. The number of hydrogen-bond acceptors (Lipinski definition) is 3. The number of benzene rings is 2. The first-order valence-electron chi connectivity index (χ1n) is 11.7. The van der Waals surface area contributed by atoms with Crippen LogP contribution in [0.15, 0.2) is 78.1 Å². The largest absolute Gasteiger partial charge is 0.494 e. The maximum absolute atomic E-state index is 14.4. The van der Waals surface area contributed by atoms with Crippen molar-refractivity contribution in [3.8, 4) is 5.75 Å². The minimum atomic E-state index is -2.75. The van der Waals surface area contributed by atoms with Gasteiger partial charge in [0.1, 0.15) is 5.75 Å². The SMILES string of the molecule is C=C(C)N(CCCOc1ccc(C2(c3ccccc3)CC2(F)F)cc1)/C(C)=C(\C)C(N)=O.CC. The third-order valence-electron chi connectivity index (χ3n) is 6.17. The Bertz CT molecular complexity index is 1020. The van der Waals surface area contributed by atoms with Crippen LogP contribution in [-0.2, 0) is 10.2 Å². The van der Waals surface area contributed by atoms with Crippen LogP contribution in [0.25, 0.3) is 0 Å². The smallest absolute Gasteiger partial charge is 0.263 e. The van der Waals surface area contributed by atoms with Crippen molar-refractivity contribution in [3.05, 3.63) is 89.3 Å². The summed E-state index contributed by atoms with van der Waals surface area (Å²) in [4.78, 5) is 13.4. The van der Waals surface area contributed by atoms with Gasteiger partial charge < -0.3 is 15.4 Å². The average Bonchev–Trinajstić information content (AvgIpc) is 3.43. The highest BCUT2D eigenvalue weighted by Crippen LogP contribution is 2.65. The molecule has 0 bridgehead atoms. The summed E-state index contributed by atoms with van der Waals surface area (Å²) in [6.45, 7) is 14.4. The summed E-state index contributed by atoms with van der Waals surface area (Å²) < 4.78 is 34.6. The minimum Gasteiger partial charge on any atom is -0.494 e. The highest BCUT2D eigenvalue weighted by Gasteiger charge is 2.72. The summed E-state index contributed by atoms with van der Waals surface area (Å²) in [6, 6.07) is 15.9. The van der Waals surface area contributed by atoms with Crippen LogP contribution in [0.3, 0.4) is 0 Å². The first kappa shape index (κ1) is 27.1. The van der Waals surface area contributed by atoms with Gasteiger partial charge in [-0.1, -0.05) is 62.9 Å². The van der Waals surface area contributed by atoms with E-state index >= 15 is 0 Å². The molecule has 4 nitrogen and oxygen atoms in total. The van der Waals surface area contributed by atoms with Gasteiger partial charge in [-0.25, -0.2) is 8.78 Å². The molecule has 6 heteroatoms. The Morgan fingerprint density at radius 2 is 1.56 bits per heavy atom. The van der Waals surface area contributed by atoms with Crippen molar-refractivity contribution < 1.29 is 18.3 Å². The number of amides is 1. The van der Waals surface area contributed by atoms with Crippen LogP contribution in [0.5, 0.6) is 5.75 Å². The van der Waals surface area contributed by atoms with E-state index in [4.69, 9.17) is 10.5 Å². The molecule has 0 saturated heterocycles. The van der Waals surface area contributed by atoms with Gasteiger partial charge in [0, 0.05) is 29.9 Å². The maximum atomic E-state index is 14.4. The Balaban J connectivity index is 0.00000199. The molecule has 1 atom stereocenters. The lowest BCUT2D eigenvalue weighted by Crippen LogP contribution is -2.26. The Morgan fingerprint density at radius 1 is 1.03 bits per heavy atom. The van der Waals surface area contributed by atoms with E-state index in [1.54, 1.807) is 55.5 Å². The molecule has 1 aliphatic rings. The quantitative estimate of drug-likeness (QED) is 0.322. The molecule has 2 aromatic carbocycles. The summed E-state index contributed by atoms with van der Waals surface area (Å²) in [5, 5.41) is 0. The molecule has 34 heavy (non-hydrogen) atoms. The fraction of sp³-hybridized carbons (Fsp3) is 0.393. The predicted octanol–water partition coefficient (Wildman–Crippen LogP) is 6.42. The van der Waals surface area contributed by atoms with Crippen LogP contribution in [-0.4, -0.2) is 29.9 Å². The van der Waals surface area contributed by atoms with E-state index in [-0.39, 0.29) is 6.42 Å². The molecule has 2 N–H and O–H groups in total. The highest BCUT2D eigenvalue weighted by atomic mass is 19.3. The van der Waals surface area contributed by atoms with Crippen LogP contribution in [0.2, 0.25) is 0 Å². The molecule has 184 valence electrons. The van der Waals surface area contributed by atoms with Crippen LogP contribution in [0.1, 0.15) is 58.6 Å². The first-order chi connectivity index (χ1) is 16.1. The van der Waals surface area contributed by atoms with Gasteiger partial charge in [0.2, 0.25) is 5.91 Å². The van der Waals surface area contributed by atoms with Gasteiger partial charge in [0.05, 0.1) is 12.0 Å². The Labute approximate surface area is 202 Å². The number of carbonyl (C=O) groups excluding carboxylic acids is 1. The fourth-order valence-corrected chi connectivity index (χ4v) is 4.08. The average molecular weight is 471 g/mol. The van der Waals surface area contributed by atoms with E-state index in [2.05, 4.69) is 6.58 Å². The van der Waals surface area contributed by atoms with Crippen molar-refractivity contribution in [1.29, 1.82) is 0 Å². The molecule has 1 fully saturated rings. The standard InChI is InChI=1S/C26H30F2N2O2.C2H6/c1-18(2)30(20(4)19(3)24(29)31)15-8-16-32-23-13-11-22(12-14-23)25(17-26(25,27)28)21-9-6-5-7-10-21;1-2/h5-7,9-14H,1,8,15-17H2,2-4H3,(H2,29,31);1-2H3/b20-19+;. The van der Waals surface area contributed by atoms with E-state index in [0.29, 0.717) is 42.0 Å².